The second-order valence-electron chi connectivity index (χ2n) is 5.10. The number of aromatic nitrogens is 2. The zero-order valence-electron chi connectivity index (χ0n) is 11.7. The summed E-state index contributed by atoms with van der Waals surface area (Å²) >= 11 is 0. The van der Waals surface area contributed by atoms with E-state index >= 15 is 0 Å². The highest BCUT2D eigenvalue weighted by atomic mass is 16.5. The van der Waals surface area contributed by atoms with Crippen molar-refractivity contribution in [2.75, 3.05) is 13.2 Å². The first kappa shape index (κ1) is 13.7. The van der Waals surface area contributed by atoms with E-state index in [0.717, 1.165) is 30.6 Å². The van der Waals surface area contributed by atoms with Crippen molar-refractivity contribution in [3.05, 3.63) is 48.5 Å². The van der Waals surface area contributed by atoms with Crippen LogP contribution in [0.5, 0.6) is 0 Å². The summed E-state index contributed by atoms with van der Waals surface area (Å²) < 4.78 is 5.38. The summed E-state index contributed by atoms with van der Waals surface area (Å²) in [6, 6.07) is 7.59. The summed E-state index contributed by atoms with van der Waals surface area (Å²) in [6.07, 6.45) is 6.92. The zero-order chi connectivity index (χ0) is 14.5. The number of nitrogens with one attached hydrogen (secondary N) is 1. The lowest BCUT2D eigenvalue weighted by molar-refractivity contribution is 0.0624. The van der Waals surface area contributed by atoms with E-state index in [1.54, 1.807) is 12.4 Å². The molecule has 2 heterocycles. The van der Waals surface area contributed by atoms with Crippen LogP contribution in [0.25, 0.3) is 11.1 Å². The first-order valence-electron chi connectivity index (χ1n) is 7.07. The van der Waals surface area contributed by atoms with Crippen LogP contribution in [0.15, 0.2) is 43.0 Å². The zero-order valence-corrected chi connectivity index (χ0v) is 11.7. The van der Waals surface area contributed by atoms with Crippen molar-refractivity contribution in [2.45, 2.75) is 18.9 Å². The van der Waals surface area contributed by atoms with Gasteiger partial charge in [-0.3, -0.25) is 4.79 Å². The quantitative estimate of drug-likeness (QED) is 0.936. The molecule has 108 valence electrons. The summed E-state index contributed by atoms with van der Waals surface area (Å²) in [6.45, 7) is 1.38. The Morgan fingerprint density at radius 1 is 1.24 bits per heavy atom. The third-order valence-corrected chi connectivity index (χ3v) is 3.51. The van der Waals surface area contributed by atoms with Gasteiger partial charge in [0.1, 0.15) is 6.33 Å². The highest BCUT2D eigenvalue weighted by Crippen LogP contribution is 2.18. The average molecular weight is 283 g/mol. The second kappa shape index (κ2) is 6.45. The van der Waals surface area contributed by atoms with Crippen molar-refractivity contribution in [3.63, 3.8) is 0 Å². The summed E-state index contributed by atoms with van der Waals surface area (Å²) in [4.78, 5) is 20.3. The van der Waals surface area contributed by atoms with Gasteiger partial charge in [0.15, 0.2) is 0 Å². The van der Waals surface area contributed by atoms with Gasteiger partial charge >= 0.3 is 0 Å². The summed E-state index contributed by atoms with van der Waals surface area (Å²) in [7, 11) is 0. The van der Waals surface area contributed by atoms with E-state index in [0.29, 0.717) is 12.2 Å². The van der Waals surface area contributed by atoms with Gasteiger partial charge in [-0.15, -0.1) is 0 Å². The maximum Gasteiger partial charge on any atom is 0.251 e. The minimum atomic E-state index is -0.0656. The highest BCUT2D eigenvalue weighted by Gasteiger charge is 2.17. The molecule has 1 fully saturated rings. The molecule has 1 saturated heterocycles. The molecule has 0 spiro atoms. The lowest BCUT2D eigenvalue weighted by Gasteiger charge is -2.23. The minimum Gasteiger partial charge on any atom is -0.379 e. The van der Waals surface area contributed by atoms with E-state index < -0.39 is 0 Å². The lowest BCUT2D eigenvalue weighted by atomic mass is 10.0. The van der Waals surface area contributed by atoms with Gasteiger partial charge in [-0.05, 0) is 30.5 Å². The van der Waals surface area contributed by atoms with Gasteiger partial charge in [0.25, 0.3) is 5.91 Å². The third-order valence-electron chi connectivity index (χ3n) is 3.51. The number of hydrogen-bond donors (Lipinski definition) is 1. The van der Waals surface area contributed by atoms with Gasteiger partial charge in [0.05, 0.1) is 12.6 Å². The number of carbonyl (C=O) groups excluding carboxylic acids is 1. The lowest BCUT2D eigenvalue weighted by Crippen LogP contribution is -2.40. The van der Waals surface area contributed by atoms with Crippen molar-refractivity contribution in [1.29, 1.82) is 0 Å². The Hall–Kier alpha value is -2.27. The second-order valence-corrected chi connectivity index (χ2v) is 5.10. The Morgan fingerprint density at radius 3 is 2.86 bits per heavy atom. The van der Waals surface area contributed by atoms with E-state index in [9.17, 15) is 4.79 Å². The van der Waals surface area contributed by atoms with Gasteiger partial charge in [-0.2, -0.15) is 0 Å². The molecule has 0 unspecified atom stereocenters. The summed E-state index contributed by atoms with van der Waals surface area (Å²) in [5.41, 5.74) is 2.47. The van der Waals surface area contributed by atoms with E-state index in [1.807, 2.05) is 24.3 Å². The van der Waals surface area contributed by atoms with Crippen LogP contribution < -0.4 is 5.32 Å². The van der Waals surface area contributed by atoms with Gasteiger partial charge in [-0.25, -0.2) is 9.97 Å². The Morgan fingerprint density at radius 2 is 2.10 bits per heavy atom. The van der Waals surface area contributed by atoms with Crippen molar-refractivity contribution < 1.29 is 9.53 Å². The first-order valence-corrected chi connectivity index (χ1v) is 7.07. The van der Waals surface area contributed by atoms with E-state index in [1.165, 1.54) is 6.33 Å². The number of rotatable bonds is 3. The molecule has 0 saturated carbocycles. The normalized spacial score (nSPS) is 18.2. The van der Waals surface area contributed by atoms with Crippen LogP contribution >= 0.6 is 0 Å². The summed E-state index contributed by atoms with van der Waals surface area (Å²) in [5, 5.41) is 3.02. The van der Waals surface area contributed by atoms with Crippen LogP contribution in [0.3, 0.4) is 0 Å². The van der Waals surface area contributed by atoms with Crippen molar-refractivity contribution in [3.8, 4) is 11.1 Å². The standard InChI is InChI=1S/C16H17N3O2/c20-16(19-15-5-2-6-21-10-15)13-4-1-3-12(7-13)14-8-17-11-18-9-14/h1,3-4,7-9,11,15H,2,5-6,10H2,(H,19,20)/t15-/m1/s1. The number of nitrogens with zero attached hydrogens (tertiary/aromatic N) is 2. The van der Waals surface area contributed by atoms with E-state index in [4.69, 9.17) is 4.74 Å². The maximum atomic E-state index is 12.3. The number of ether oxygens (including phenoxy) is 1. The maximum absolute atomic E-state index is 12.3. The molecule has 1 aliphatic rings. The van der Waals surface area contributed by atoms with Crippen LogP contribution in [0.1, 0.15) is 23.2 Å². The van der Waals surface area contributed by atoms with Crippen molar-refractivity contribution >= 4 is 5.91 Å². The van der Waals surface area contributed by atoms with Gasteiger partial charge in [0.2, 0.25) is 0 Å². The van der Waals surface area contributed by atoms with E-state index in [2.05, 4.69) is 15.3 Å². The molecule has 1 aliphatic heterocycles. The smallest absolute Gasteiger partial charge is 0.251 e. The number of carbonyl (C=O) groups is 1. The van der Waals surface area contributed by atoms with Crippen LogP contribution in [-0.2, 0) is 4.74 Å². The largest absolute Gasteiger partial charge is 0.379 e. The monoisotopic (exact) mass is 283 g/mol. The molecule has 0 radical (unpaired) electrons. The molecule has 5 heteroatoms. The van der Waals surface area contributed by atoms with Crippen LogP contribution in [-0.4, -0.2) is 35.1 Å². The van der Waals surface area contributed by atoms with Crippen LogP contribution in [0.2, 0.25) is 0 Å². The van der Waals surface area contributed by atoms with Crippen molar-refractivity contribution in [2.24, 2.45) is 0 Å². The van der Waals surface area contributed by atoms with E-state index in [-0.39, 0.29) is 11.9 Å². The molecule has 3 rings (SSSR count). The number of amides is 1. The van der Waals surface area contributed by atoms with Gasteiger partial charge in [-0.1, -0.05) is 12.1 Å². The number of hydrogen-bond acceptors (Lipinski definition) is 4. The fourth-order valence-corrected chi connectivity index (χ4v) is 2.41. The summed E-state index contributed by atoms with van der Waals surface area (Å²) in [5.74, 6) is -0.0656. The van der Waals surface area contributed by atoms with Gasteiger partial charge < -0.3 is 10.1 Å². The Balaban J connectivity index is 1.74. The molecule has 1 aromatic heterocycles. The van der Waals surface area contributed by atoms with Crippen LogP contribution in [0.4, 0.5) is 0 Å². The minimum absolute atomic E-state index is 0.0656. The molecule has 1 amide bonds. The Labute approximate surface area is 123 Å². The average Bonchev–Trinajstić information content (AvgIpc) is 2.57. The molecular formula is C16H17N3O2. The van der Waals surface area contributed by atoms with Crippen LogP contribution in [0, 0.1) is 0 Å². The van der Waals surface area contributed by atoms with Crippen molar-refractivity contribution in [1.82, 2.24) is 15.3 Å². The molecule has 21 heavy (non-hydrogen) atoms. The molecule has 0 aliphatic carbocycles. The SMILES string of the molecule is O=C(N[C@@H]1CCCOC1)c1cccc(-c2cncnc2)c1. The molecule has 2 aromatic rings. The number of benzene rings is 1. The molecule has 1 atom stereocenters. The molecular weight excluding hydrogens is 266 g/mol. The fourth-order valence-electron chi connectivity index (χ4n) is 2.41. The molecule has 5 nitrogen and oxygen atoms in total. The molecule has 1 N–H and O–H groups in total. The third kappa shape index (κ3) is 3.44. The predicted octanol–water partition coefficient (Wildman–Crippen LogP) is 2.05. The predicted molar refractivity (Wildman–Crippen MR) is 78.8 cm³/mol. The highest BCUT2D eigenvalue weighted by molar-refractivity contribution is 5.95. The molecule has 1 aromatic carbocycles. The topological polar surface area (TPSA) is 64.1 Å². The first-order chi connectivity index (χ1) is 10.3. The van der Waals surface area contributed by atoms with Gasteiger partial charge in [0, 0.05) is 30.1 Å². The fraction of sp³-hybridized carbons (Fsp3) is 0.312. The molecule has 0 bridgehead atoms. The Kier molecular flexibility index (Phi) is 4.21. The Bertz CT molecular complexity index is 610.